The van der Waals surface area contributed by atoms with Crippen LogP contribution in [0.5, 0.6) is 5.75 Å². The monoisotopic (exact) mass is 320 g/mol. The maximum Gasteiger partial charge on any atom is 0.260 e. The molecule has 0 spiro atoms. The number of rotatable bonds is 4. The normalized spacial score (nSPS) is 17.0. The quantitative estimate of drug-likeness (QED) is 0.925. The zero-order valence-electron chi connectivity index (χ0n) is 11.6. The summed E-state index contributed by atoms with van der Waals surface area (Å²) in [6.45, 7) is 0.419. The molecule has 0 unspecified atom stereocenters. The molecule has 1 aromatic carbocycles. The first-order chi connectivity index (χ1) is 9.50. The molecule has 21 heavy (non-hydrogen) atoms. The minimum atomic E-state index is -2.65. The van der Waals surface area contributed by atoms with Crippen molar-refractivity contribution in [3.05, 3.63) is 29.8 Å². The van der Waals surface area contributed by atoms with Gasteiger partial charge in [0.15, 0.2) is 6.61 Å². The molecule has 2 rings (SSSR count). The molecule has 7 heteroatoms. The van der Waals surface area contributed by atoms with Crippen LogP contribution in [0.1, 0.15) is 18.4 Å². The third-order valence-electron chi connectivity index (χ3n) is 3.34. The predicted molar refractivity (Wildman–Crippen MR) is 77.8 cm³/mol. The van der Waals surface area contributed by atoms with Crippen LogP contribution in [-0.2, 0) is 11.3 Å². The Balaban J connectivity index is 0.00000220. The van der Waals surface area contributed by atoms with Gasteiger partial charge in [0.25, 0.3) is 11.8 Å². The summed E-state index contributed by atoms with van der Waals surface area (Å²) in [7, 11) is 0. The van der Waals surface area contributed by atoms with Gasteiger partial charge in [-0.1, -0.05) is 12.1 Å². The number of alkyl halides is 2. The van der Waals surface area contributed by atoms with Crippen molar-refractivity contribution in [1.82, 2.24) is 4.90 Å². The largest absolute Gasteiger partial charge is 0.484 e. The Hall–Kier alpha value is -1.40. The smallest absolute Gasteiger partial charge is 0.260 e. The van der Waals surface area contributed by atoms with Gasteiger partial charge in [0, 0.05) is 32.5 Å². The van der Waals surface area contributed by atoms with Crippen molar-refractivity contribution in [3.8, 4) is 5.75 Å². The van der Waals surface area contributed by atoms with E-state index >= 15 is 0 Å². The van der Waals surface area contributed by atoms with E-state index in [0.717, 1.165) is 5.56 Å². The van der Waals surface area contributed by atoms with Crippen molar-refractivity contribution in [2.24, 2.45) is 5.73 Å². The van der Waals surface area contributed by atoms with Gasteiger partial charge in [-0.2, -0.15) is 0 Å². The van der Waals surface area contributed by atoms with Gasteiger partial charge < -0.3 is 15.4 Å². The first-order valence-electron chi connectivity index (χ1n) is 6.57. The van der Waals surface area contributed by atoms with Gasteiger partial charge in [0.2, 0.25) is 0 Å². The van der Waals surface area contributed by atoms with Crippen molar-refractivity contribution in [2.75, 3.05) is 19.7 Å². The second kappa shape index (κ2) is 7.56. The lowest BCUT2D eigenvalue weighted by atomic mass is 10.1. The fraction of sp³-hybridized carbons (Fsp3) is 0.500. The Morgan fingerprint density at radius 2 is 2.00 bits per heavy atom. The molecule has 1 heterocycles. The van der Waals surface area contributed by atoms with Crippen molar-refractivity contribution in [2.45, 2.75) is 25.3 Å². The van der Waals surface area contributed by atoms with Crippen molar-refractivity contribution in [1.29, 1.82) is 0 Å². The number of nitrogens with zero attached hydrogens (tertiary/aromatic N) is 1. The number of nitrogens with two attached hydrogens (primary N) is 1. The van der Waals surface area contributed by atoms with Crippen LogP contribution in [0.4, 0.5) is 8.78 Å². The molecular weight excluding hydrogens is 302 g/mol. The van der Waals surface area contributed by atoms with Crippen LogP contribution in [0, 0.1) is 0 Å². The highest BCUT2D eigenvalue weighted by Crippen LogP contribution is 2.27. The van der Waals surface area contributed by atoms with E-state index in [1.165, 1.54) is 4.90 Å². The average molecular weight is 321 g/mol. The summed E-state index contributed by atoms with van der Waals surface area (Å²) in [6, 6.07) is 7.15. The average Bonchev–Trinajstić information content (AvgIpc) is 2.45. The molecule has 1 amide bonds. The first-order valence-corrected chi connectivity index (χ1v) is 6.57. The van der Waals surface area contributed by atoms with Crippen LogP contribution in [0.25, 0.3) is 0 Å². The van der Waals surface area contributed by atoms with E-state index in [-0.39, 0.29) is 50.9 Å². The van der Waals surface area contributed by atoms with Gasteiger partial charge in [-0.05, 0) is 17.7 Å². The number of benzene rings is 1. The maximum atomic E-state index is 13.0. The van der Waals surface area contributed by atoms with Crippen LogP contribution in [0.3, 0.4) is 0 Å². The van der Waals surface area contributed by atoms with Gasteiger partial charge in [0.05, 0.1) is 0 Å². The topological polar surface area (TPSA) is 55.6 Å². The highest BCUT2D eigenvalue weighted by molar-refractivity contribution is 5.85. The third kappa shape index (κ3) is 5.13. The van der Waals surface area contributed by atoms with E-state index in [4.69, 9.17) is 10.5 Å². The molecule has 0 saturated carbocycles. The Kier molecular flexibility index (Phi) is 6.36. The number of carbonyl (C=O) groups is 1. The molecule has 1 aromatic rings. The van der Waals surface area contributed by atoms with E-state index in [1.807, 2.05) is 6.07 Å². The molecule has 1 fully saturated rings. The van der Waals surface area contributed by atoms with Crippen molar-refractivity contribution in [3.63, 3.8) is 0 Å². The molecule has 1 aliphatic heterocycles. The Labute approximate surface area is 128 Å². The fourth-order valence-corrected chi connectivity index (χ4v) is 2.08. The molecule has 0 aromatic heterocycles. The van der Waals surface area contributed by atoms with E-state index < -0.39 is 5.92 Å². The zero-order valence-corrected chi connectivity index (χ0v) is 12.4. The molecule has 1 aliphatic rings. The van der Waals surface area contributed by atoms with Crippen LogP contribution >= 0.6 is 12.4 Å². The summed E-state index contributed by atoms with van der Waals surface area (Å²) >= 11 is 0. The lowest BCUT2D eigenvalue weighted by molar-refractivity contribution is -0.139. The molecular formula is C14H19ClF2N2O2. The zero-order chi connectivity index (χ0) is 14.6. The third-order valence-corrected chi connectivity index (χ3v) is 3.34. The lowest BCUT2D eigenvalue weighted by Gasteiger charge is -2.31. The van der Waals surface area contributed by atoms with Crippen LogP contribution in [0.2, 0.25) is 0 Å². The minimum absolute atomic E-state index is 0. The summed E-state index contributed by atoms with van der Waals surface area (Å²) in [5.41, 5.74) is 6.43. The fourth-order valence-electron chi connectivity index (χ4n) is 2.08. The van der Waals surface area contributed by atoms with Gasteiger partial charge in [-0.25, -0.2) is 8.78 Å². The number of amides is 1. The lowest BCUT2D eigenvalue weighted by Crippen LogP contribution is -2.44. The number of ether oxygens (including phenoxy) is 1. The van der Waals surface area contributed by atoms with Crippen LogP contribution < -0.4 is 10.5 Å². The molecule has 1 saturated heterocycles. The molecule has 0 bridgehead atoms. The summed E-state index contributed by atoms with van der Waals surface area (Å²) in [5.74, 6) is -2.35. The number of carbonyl (C=O) groups excluding carboxylic acids is 1. The number of hydrogen-bond acceptors (Lipinski definition) is 3. The van der Waals surface area contributed by atoms with Crippen LogP contribution in [0.15, 0.2) is 24.3 Å². The second-order valence-electron chi connectivity index (χ2n) is 4.88. The Morgan fingerprint density at radius 1 is 1.33 bits per heavy atom. The number of hydrogen-bond donors (Lipinski definition) is 1. The van der Waals surface area contributed by atoms with Gasteiger partial charge in [-0.3, -0.25) is 4.79 Å². The van der Waals surface area contributed by atoms with Gasteiger partial charge >= 0.3 is 0 Å². The first kappa shape index (κ1) is 17.7. The molecule has 0 aliphatic carbocycles. The number of piperidine rings is 1. The van der Waals surface area contributed by atoms with E-state index in [0.29, 0.717) is 12.3 Å². The van der Waals surface area contributed by atoms with Crippen LogP contribution in [-0.4, -0.2) is 36.4 Å². The van der Waals surface area contributed by atoms with E-state index in [2.05, 4.69) is 0 Å². The standard InChI is InChI=1S/C14H18F2N2O2.ClH/c15-14(16)4-6-18(7-5-14)13(19)10-20-12-3-1-2-11(8-12)9-17;/h1-3,8H,4-7,9-10,17H2;1H. The highest BCUT2D eigenvalue weighted by atomic mass is 35.5. The summed E-state index contributed by atoms with van der Waals surface area (Å²) in [5, 5.41) is 0. The summed E-state index contributed by atoms with van der Waals surface area (Å²) < 4.78 is 31.4. The molecule has 118 valence electrons. The second-order valence-corrected chi connectivity index (χ2v) is 4.88. The van der Waals surface area contributed by atoms with Gasteiger partial charge in [0.1, 0.15) is 5.75 Å². The van der Waals surface area contributed by atoms with Crippen molar-refractivity contribution >= 4 is 18.3 Å². The molecule has 2 N–H and O–H groups in total. The van der Waals surface area contributed by atoms with E-state index in [9.17, 15) is 13.6 Å². The SMILES string of the molecule is Cl.NCc1cccc(OCC(=O)N2CCC(F)(F)CC2)c1. The number of halogens is 3. The minimum Gasteiger partial charge on any atom is -0.484 e. The molecule has 0 atom stereocenters. The Morgan fingerprint density at radius 3 is 2.62 bits per heavy atom. The van der Waals surface area contributed by atoms with E-state index in [1.54, 1.807) is 18.2 Å². The maximum absolute atomic E-state index is 13.0. The summed E-state index contributed by atoms with van der Waals surface area (Å²) in [6.07, 6.45) is -0.553. The number of likely N-dealkylation sites (tertiary alicyclic amines) is 1. The van der Waals surface area contributed by atoms with Gasteiger partial charge in [-0.15, -0.1) is 12.4 Å². The Bertz CT molecular complexity index is 476. The molecule has 0 radical (unpaired) electrons. The molecule has 4 nitrogen and oxygen atoms in total. The predicted octanol–water partition coefficient (Wildman–Crippen LogP) is 2.20. The van der Waals surface area contributed by atoms with Crippen molar-refractivity contribution < 1.29 is 18.3 Å². The summed E-state index contributed by atoms with van der Waals surface area (Å²) in [4.78, 5) is 13.3. The highest BCUT2D eigenvalue weighted by Gasteiger charge is 2.35.